The van der Waals surface area contributed by atoms with Gasteiger partial charge in [-0.15, -0.1) is 0 Å². The molecule has 1 aliphatic heterocycles. The minimum Gasteiger partial charge on any atom is -0.489 e. The molecule has 2 heterocycles. The first-order valence-electron chi connectivity index (χ1n) is 6.69. The first-order valence-corrected chi connectivity index (χ1v) is 6.69. The van der Waals surface area contributed by atoms with Crippen LogP contribution in [0.3, 0.4) is 0 Å². The second-order valence-electron chi connectivity index (χ2n) is 4.99. The fourth-order valence-corrected chi connectivity index (χ4v) is 2.70. The van der Waals surface area contributed by atoms with Gasteiger partial charge in [-0.3, -0.25) is 0 Å². The maximum Gasteiger partial charge on any atom is 0.135 e. The Kier molecular flexibility index (Phi) is 2.45. The van der Waals surface area contributed by atoms with E-state index in [2.05, 4.69) is 17.4 Å². The minimum atomic E-state index is 0.288. The van der Waals surface area contributed by atoms with Gasteiger partial charge < -0.3 is 14.5 Å². The zero-order valence-electron chi connectivity index (χ0n) is 10.6. The number of benzene rings is 2. The summed E-state index contributed by atoms with van der Waals surface area (Å²) in [6.07, 6.45) is 1.36. The van der Waals surface area contributed by atoms with E-state index >= 15 is 0 Å². The lowest BCUT2D eigenvalue weighted by molar-refractivity contribution is 0.223. The summed E-state index contributed by atoms with van der Waals surface area (Å²) >= 11 is 0. The minimum absolute atomic E-state index is 0.288. The molecule has 1 saturated heterocycles. The van der Waals surface area contributed by atoms with Crippen LogP contribution < -0.4 is 10.1 Å². The number of hydrogen-bond acceptors (Lipinski definition) is 3. The molecule has 96 valence electrons. The molecule has 19 heavy (non-hydrogen) atoms. The molecule has 1 fully saturated rings. The van der Waals surface area contributed by atoms with Crippen molar-refractivity contribution in [3.63, 3.8) is 0 Å². The van der Waals surface area contributed by atoms with Crippen LogP contribution in [0, 0.1) is 0 Å². The van der Waals surface area contributed by atoms with Gasteiger partial charge in [-0.05, 0) is 37.2 Å². The van der Waals surface area contributed by atoms with Crippen molar-refractivity contribution < 1.29 is 9.15 Å². The van der Waals surface area contributed by atoms with Crippen molar-refractivity contribution >= 4 is 21.9 Å². The lowest BCUT2D eigenvalue weighted by Crippen LogP contribution is -2.19. The van der Waals surface area contributed by atoms with Crippen LogP contribution in [0.25, 0.3) is 21.9 Å². The van der Waals surface area contributed by atoms with E-state index in [1.807, 2.05) is 30.3 Å². The highest BCUT2D eigenvalue weighted by atomic mass is 16.5. The molecular formula is C16H15NO2. The van der Waals surface area contributed by atoms with E-state index in [-0.39, 0.29) is 6.10 Å². The summed E-state index contributed by atoms with van der Waals surface area (Å²) in [5.41, 5.74) is 1.84. The van der Waals surface area contributed by atoms with Crippen LogP contribution in [0.5, 0.6) is 5.75 Å². The highest BCUT2D eigenvalue weighted by Gasteiger charge is 2.16. The summed E-state index contributed by atoms with van der Waals surface area (Å²) in [6.45, 7) is 1.98. The number of rotatable bonds is 2. The molecule has 3 heteroatoms. The molecule has 1 unspecified atom stereocenters. The quantitative estimate of drug-likeness (QED) is 0.760. The van der Waals surface area contributed by atoms with E-state index < -0.39 is 0 Å². The van der Waals surface area contributed by atoms with Crippen LogP contribution >= 0.6 is 0 Å². The standard InChI is InChI=1S/C16H15NO2/c1-2-4-15-13(3-1)14-9-11(5-6-16(14)19-15)18-12-7-8-17-10-12/h1-6,9,12,17H,7-8,10H2. The molecule has 0 aliphatic carbocycles. The largest absolute Gasteiger partial charge is 0.489 e. The molecule has 0 radical (unpaired) electrons. The van der Waals surface area contributed by atoms with Crippen molar-refractivity contribution in [2.24, 2.45) is 0 Å². The van der Waals surface area contributed by atoms with Crippen molar-refractivity contribution in [3.05, 3.63) is 42.5 Å². The first-order chi connectivity index (χ1) is 9.40. The molecule has 4 rings (SSSR count). The van der Waals surface area contributed by atoms with Gasteiger partial charge in [0.25, 0.3) is 0 Å². The summed E-state index contributed by atoms with van der Waals surface area (Å²) in [7, 11) is 0. The fraction of sp³-hybridized carbons (Fsp3) is 0.250. The van der Waals surface area contributed by atoms with Crippen LogP contribution in [0.2, 0.25) is 0 Å². The first kappa shape index (κ1) is 10.9. The molecule has 1 aliphatic rings. The monoisotopic (exact) mass is 253 g/mol. The van der Waals surface area contributed by atoms with Gasteiger partial charge in [0.1, 0.15) is 23.0 Å². The molecule has 2 aromatic carbocycles. The van der Waals surface area contributed by atoms with Crippen LogP contribution in [0.4, 0.5) is 0 Å². The van der Waals surface area contributed by atoms with Crippen LogP contribution in [-0.4, -0.2) is 19.2 Å². The number of fused-ring (bicyclic) bond motifs is 3. The summed E-state index contributed by atoms with van der Waals surface area (Å²) in [5, 5.41) is 5.58. The lowest BCUT2D eigenvalue weighted by atomic mass is 10.1. The predicted octanol–water partition coefficient (Wildman–Crippen LogP) is 3.33. The van der Waals surface area contributed by atoms with Crippen molar-refractivity contribution in [2.75, 3.05) is 13.1 Å². The van der Waals surface area contributed by atoms with Crippen molar-refractivity contribution in [3.8, 4) is 5.75 Å². The van der Waals surface area contributed by atoms with E-state index in [0.717, 1.165) is 47.2 Å². The van der Waals surface area contributed by atoms with Crippen LogP contribution in [-0.2, 0) is 0 Å². The van der Waals surface area contributed by atoms with Gasteiger partial charge in [0.2, 0.25) is 0 Å². The topological polar surface area (TPSA) is 34.4 Å². The average Bonchev–Trinajstić information content (AvgIpc) is 3.06. The molecule has 0 bridgehead atoms. The van der Waals surface area contributed by atoms with Crippen molar-refractivity contribution in [1.82, 2.24) is 5.32 Å². The highest BCUT2D eigenvalue weighted by Crippen LogP contribution is 2.31. The van der Waals surface area contributed by atoms with Crippen molar-refractivity contribution in [1.29, 1.82) is 0 Å². The molecule has 3 aromatic rings. The Morgan fingerprint density at radius 3 is 2.84 bits per heavy atom. The van der Waals surface area contributed by atoms with E-state index in [4.69, 9.17) is 9.15 Å². The summed E-state index contributed by atoms with van der Waals surface area (Å²) < 4.78 is 11.8. The zero-order valence-corrected chi connectivity index (χ0v) is 10.6. The molecule has 0 spiro atoms. The number of nitrogens with one attached hydrogen (secondary N) is 1. The third kappa shape index (κ3) is 1.87. The maximum absolute atomic E-state index is 6.00. The Hall–Kier alpha value is -2.00. The van der Waals surface area contributed by atoms with Crippen LogP contribution in [0.1, 0.15) is 6.42 Å². The Bertz CT molecular complexity index is 726. The van der Waals surface area contributed by atoms with Crippen molar-refractivity contribution in [2.45, 2.75) is 12.5 Å². The number of para-hydroxylation sites is 1. The SMILES string of the molecule is c1ccc2c(c1)oc1ccc(OC3CCNC3)cc12. The highest BCUT2D eigenvalue weighted by molar-refractivity contribution is 6.05. The molecular weight excluding hydrogens is 238 g/mol. The third-order valence-electron chi connectivity index (χ3n) is 3.67. The Balaban J connectivity index is 1.78. The second-order valence-corrected chi connectivity index (χ2v) is 4.99. The van der Waals surface area contributed by atoms with Gasteiger partial charge in [0, 0.05) is 17.3 Å². The average molecular weight is 253 g/mol. The lowest BCUT2D eigenvalue weighted by Gasteiger charge is -2.12. The van der Waals surface area contributed by atoms with Gasteiger partial charge in [-0.1, -0.05) is 18.2 Å². The van der Waals surface area contributed by atoms with E-state index in [1.54, 1.807) is 0 Å². The third-order valence-corrected chi connectivity index (χ3v) is 3.67. The Labute approximate surface area is 111 Å². The van der Waals surface area contributed by atoms with E-state index in [1.165, 1.54) is 0 Å². The van der Waals surface area contributed by atoms with E-state index in [0.29, 0.717) is 0 Å². The predicted molar refractivity (Wildman–Crippen MR) is 75.6 cm³/mol. The summed E-state index contributed by atoms with van der Waals surface area (Å²) in [5.74, 6) is 0.924. The number of hydrogen-bond donors (Lipinski definition) is 1. The molecule has 1 atom stereocenters. The van der Waals surface area contributed by atoms with Gasteiger partial charge >= 0.3 is 0 Å². The molecule has 1 N–H and O–H groups in total. The van der Waals surface area contributed by atoms with Gasteiger partial charge in [-0.2, -0.15) is 0 Å². The Morgan fingerprint density at radius 2 is 1.95 bits per heavy atom. The normalized spacial score (nSPS) is 19.3. The smallest absolute Gasteiger partial charge is 0.135 e. The van der Waals surface area contributed by atoms with Crippen LogP contribution in [0.15, 0.2) is 46.9 Å². The Morgan fingerprint density at radius 1 is 1.05 bits per heavy atom. The number of furan rings is 1. The second kappa shape index (κ2) is 4.28. The molecule has 0 amide bonds. The summed E-state index contributed by atoms with van der Waals surface area (Å²) in [4.78, 5) is 0. The number of ether oxygens (including phenoxy) is 1. The molecule has 0 saturated carbocycles. The molecule has 3 nitrogen and oxygen atoms in total. The maximum atomic E-state index is 6.00. The van der Waals surface area contributed by atoms with Gasteiger partial charge in [-0.25, -0.2) is 0 Å². The zero-order chi connectivity index (χ0) is 12.7. The van der Waals surface area contributed by atoms with Gasteiger partial charge in [0.15, 0.2) is 0 Å². The fourth-order valence-electron chi connectivity index (χ4n) is 2.70. The molecule has 1 aromatic heterocycles. The summed E-state index contributed by atoms with van der Waals surface area (Å²) in [6, 6.07) is 14.2. The van der Waals surface area contributed by atoms with Gasteiger partial charge in [0.05, 0.1) is 0 Å². The van der Waals surface area contributed by atoms with E-state index in [9.17, 15) is 0 Å².